The van der Waals surface area contributed by atoms with Crippen molar-refractivity contribution < 1.29 is 39.3 Å². The Morgan fingerprint density at radius 2 is 1.41 bits per heavy atom. The van der Waals surface area contributed by atoms with Crippen LogP contribution in [0.25, 0.3) is 0 Å². The Labute approximate surface area is 195 Å². The van der Waals surface area contributed by atoms with Gasteiger partial charge in [0.25, 0.3) is 0 Å². The molecule has 13 heteroatoms. The van der Waals surface area contributed by atoms with E-state index in [0.717, 1.165) is 0 Å². The maximum Gasteiger partial charge on any atom is 0.326 e. The molecule has 0 spiro atoms. The topological polar surface area (TPSA) is 234 Å². The van der Waals surface area contributed by atoms with Gasteiger partial charge in [-0.05, 0) is 19.4 Å². The minimum Gasteiger partial charge on any atom is -0.480 e. The zero-order valence-electron chi connectivity index (χ0n) is 18.8. The van der Waals surface area contributed by atoms with E-state index < -0.39 is 72.4 Å². The third kappa shape index (κ3) is 9.13. The maximum atomic E-state index is 13.0. The second kappa shape index (κ2) is 13.2. The second-order valence-electron chi connectivity index (χ2n) is 7.81. The molecule has 0 saturated heterocycles. The summed E-state index contributed by atoms with van der Waals surface area (Å²) in [5.74, 6) is -5.30. The highest BCUT2D eigenvalue weighted by Gasteiger charge is 2.33. The van der Waals surface area contributed by atoms with Crippen molar-refractivity contribution in [2.24, 2.45) is 11.5 Å². The largest absolute Gasteiger partial charge is 0.480 e. The van der Waals surface area contributed by atoms with Crippen LogP contribution >= 0.6 is 0 Å². The number of benzene rings is 1. The summed E-state index contributed by atoms with van der Waals surface area (Å²) in [6.07, 6.45) is -3.39. The Bertz CT molecular complexity index is 877. The van der Waals surface area contributed by atoms with Crippen LogP contribution in [0.2, 0.25) is 0 Å². The molecule has 0 aliphatic carbocycles. The Kier molecular flexibility index (Phi) is 11.1. The van der Waals surface area contributed by atoms with Crippen molar-refractivity contribution in [1.82, 2.24) is 16.0 Å². The van der Waals surface area contributed by atoms with Gasteiger partial charge in [0, 0.05) is 6.42 Å². The van der Waals surface area contributed by atoms with Gasteiger partial charge in [0.1, 0.15) is 24.2 Å². The van der Waals surface area contributed by atoms with Gasteiger partial charge in [-0.15, -0.1) is 0 Å². The second-order valence-corrected chi connectivity index (χ2v) is 7.81. The summed E-state index contributed by atoms with van der Waals surface area (Å²) >= 11 is 0. The van der Waals surface area contributed by atoms with Gasteiger partial charge in [0.15, 0.2) is 0 Å². The molecule has 34 heavy (non-hydrogen) atoms. The van der Waals surface area contributed by atoms with Crippen LogP contribution in [0, 0.1) is 0 Å². The van der Waals surface area contributed by atoms with Crippen molar-refractivity contribution in [1.29, 1.82) is 0 Å². The Balaban J connectivity index is 3.08. The molecule has 1 rings (SSSR count). The number of hydrogen-bond acceptors (Lipinski definition) is 8. The first-order chi connectivity index (χ1) is 15.8. The average molecular weight is 482 g/mol. The molecule has 1 aromatic carbocycles. The third-order valence-corrected chi connectivity index (χ3v) is 4.82. The first-order valence-corrected chi connectivity index (χ1v) is 10.4. The lowest BCUT2D eigenvalue weighted by Gasteiger charge is -2.26. The van der Waals surface area contributed by atoms with Crippen LogP contribution in [0.5, 0.6) is 0 Å². The Morgan fingerprint density at radius 1 is 0.853 bits per heavy atom. The predicted molar refractivity (Wildman–Crippen MR) is 119 cm³/mol. The molecular formula is C21H31N5O8. The minimum atomic E-state index is -1.67. The highest BCUT2D eigenvalue weighted by atomic mass is 16.4. The van der Waals surface area contributed by atoms with Gasteiger partial charge >= 0.3 is 5.97 Å². The fourth-order valence-electron chi connectivity index (χ4n) is 2.87. The van der Waals surface area contributed by atoms with Crippen molar-refractivity contribution >= 4 is 29.6 Å². The molecule has 1 aromatic rings. The van der Waals surface area contributed by atoms with E-state index in [1.54, 1.807) is 30.3 Å². The monoisotopic (exact) mass is 481 g/mol. The van der Waals surface area contributed by atoms with E-state index in [2.05, 4.69) is 10.6 Å². The lowest BCUT2D eigenvalue weighted by atomic mass is 10.0. The molecule has 0 aliphatic rings. The molecule has 0 heterocycles. The molecule has 0 saturated carbocycles. The number of carbonyl (C=O) groups excluding carboxylic acids is 4. The molecule has 6 atom stereocenters. The van der Waals surface area contributed by atoms with E-state index in [1.807, 2.05) is 5.32 Å². The average Bonchev–Trinajstić information content (AvgIpc) is 2.75. The highest BCUT2D eigenvalue weighted by Crippen LogP contribution is 2.06. The van der Waals surface area contributed by atoms with Crippen molar-refractivity contribution in [3.8, 4) is 0 Å². The number of hydrogen-bond donors (Lipinski definition) is 8. The van der Waals surface area contributed by atoms with Gasteiger partial charge in [-0.3, -0.25) is 19.2 Å². The molecule has 0 aromatic heterocycles. The van der Waals surface area contributed by atoms with Gasteiger partial charge in [0.05, 0.1) is 18.6 Å². The van der Waals surface area contributed by atoms with Crippen LogP contribution < -0.4 is 27.4 Å². The first-order valence-electron chi connectivity index (χ1n) is 10.4. The summed E-state index contributed by atoms with van der Waals surface area (Å²) in [6.45, 7) is 2.48. The van der Waals surface area contributed by atoms with E-state index in [4.69, 9.17) is 16.6 Å². The van der Waals surface area contributed by atoms with Gasteiger partial charge in [-0.2, -0.15) is 0 Å². The zero-order chi connectivity index (χ0) is 26.0. The van der Waals surface area contributed by atoms with Gasteiger partial charge in [-0.25, -0.2) is 4.79 Å². The van der Waals surface area contributed by atoms with Crippen molar-refractivity contribution in [3.63, 3.8) is 0 Å². The van der Waals surface area contributed by atoms with Gasteiger partial charge in [-0.1, -0.05) is 30.3 Å². The summed E-state index contributed by atoms with van der Waals surface area (Å²) < 4.78 is 0. The summed E-state index contributed by atoms with van der Waals surface area (Å²) in [4.78, 5) is 60.3. The quantitative estimate of drug-likeness (QED) is 0.141. The molecule has 4 amide bonds. The van der Waals surface area contributed by atoms with Crippen LogP contribution in [0.3, 0.4) is 0 Å². The van der Waals surface area contributed by atoms with Crippen LogP contribution in [0.4, 0.5) is 0 Å². The minimum absolute atomic E-state index is 0.0154. The zero-order valence-corrected chi connectivity index (χ0v) is 18.8. The first kappa shape index (κ1) is 28.5. The molecule has 13 nitrogen and oxygen atoms in total. The fraction of sp³-hybridized carbons (Fsp3) is 0.476. The Morgan fingerprint density at radius 3 is 1.88 bits per heavy atom. The van der Waals surface area contributed by atoms with Gasteiger partial charge in [0.2, 0.25) is 23.6 Å². The van der Waals surface area contributed by atoms with E-state index in [9.17, 15) is 34.2 Å². The number of nitrogens with one attached hydrogen (secondary N) is 3. The standard InChI is InChI=1S/C21H31N5O8/c1-10(27)16(23)19(31)24-13(8-12-6-4-3-5-7-12)18(30)26-17(11(2)28)20(32)25-14(21(33)34)9-15(22)29/h3-7,10-11,13-14,16-17,27-28H,8-9,23H2,1-2H3,(H2,22,29)(H,24,31)(H,25,32)(H,26,30)(H,33,34). The van der Waals surface area contributed by atoms with E-state index in [0.29, 0.717) is 5.56 Å². The number of carboxylic acids is 1. The molecule has 0 fully saturated rings. The fourth-order valence-corrected chi connectivity index (χ4v) is 2.87. The number of aliphatic carboxylic acids is 1. The number of carbonyl (C=O) groups is 5. The number of rotatable bonds is 13. The number of amides is 4. The molecule has 6 unspecified atom stereocenters. The molecular weight excluding hydrogens is 450 g/mol. The van der Waals surface area contributed by atoms with E-state index in [-0.39, 0.29) is 6.42 Å². The molecule has 0 bridgehead atoms. The molecule has 0 aliphatic heterocycles. The van der Waals surface area contributed by atoms with Crippen molar-refractivity contribution in [2.45, 2.75) is 63.1 Å². The van der Waals surface area contributed by atoms with E-state index in [1.165, 1.54) is 13.8 Å². The third-order valence-electron chi connectivity index (χ3n) is 4.82. The number of aliphatic hydroxyl groups is 2. The van der Waals surface area contributed by atoms with Gasteiger partial charge < -0.3 is 42.7 Å². The number of nitrogens with two attached hydrogens (primary N) is 2. The SMILES string of the molecule is CC(O)C(N)C(=O)NC(Cc1ccccc1)C(=O)NC(C(=O)NC(CC(N)=O)C(=O)O)C(C)O. The summed E-state index contributed by atoms with van der Waals surface area (Å²) in [5, 5.41) is 35.5. The lowest BCUT2D eigenvalue weighted by Crippen LogP contribution is -2.61. The van der Waals surface area contributed by atoms with Crippen LogP contribution in [-0.4, -0.2) is 81.3 Å². The van der Waals surface area contributed by atoms with Crippen LogP contribution in [0.1, 0.15) is 25.8 Å². The van der Waals surface area contributed by atoms with Crippen molar-refractivity contribution in [3.05, 3.63) is 35.9 Å². The smallest absolute Gasteiger partial charge is 0.326 e. The number of carboxylic acid groups (broad SMARTS) is 1. The van der Waals surface area contributed by atoms with Crippen molar-refractivity contribution in [2.75, 3.05) is 0 Å². The van der Waals surface area contributed by atoms with Crippen LogP contribution in [-0.2, 0) is 30.4 Å². The summed E-state index contributed by atoms with van der Waals surface area (Å²) in [5.41, 5.74) is 11.3. The summed E-state index contributed by atoms with van der Waals surface area (Å²) in [7, 11) is 0. The normalized spacial score (nSPS) is 16.1. The molecule has 10 N–H and O–H groups in total. The number of primary amides is 1. The predicted octanol–water partition coefficient (Wildman–Crippen LogP) is -3.27. The maximum absolute atomic E-state index is 13.0. The highest BCUT2D eigenvalue weighted by molar-refractivity contribution is 5.95. The molecule has 188 valence electrons. The lowest BCUT2D eigenvalue weighted by molar-refractivity contribution is -0.144. The summed E-state index contributed by atoms with van der Waals surface area (Å²) in [6, 6.07) is 2.69. The van der Waals surface area contributed by atoms with Crippen LogP contribution in [0.15, 0.2) is 30.3 Å². The molecule has 0 radical (unpaired) electrons. The number of aliphatic hydroxyl groups excluding tert-OH is 2. The van der Waals surface area contributed by atoms with E-state index >= 15 is 0 Å². The Hall–Kier alpha value is -3.55.